The van der Waals surface area contributed by atoms with Crippen LogP contribution in [0.5, 0.6) is 0 Å². The molecular formula is C17H18Cl3N. The van der Waals surface area contributed by atoms with E-state index in [0.717, 1.165) is 22.6 Å². The smallest absolute Gasteiger partial charge is 0.0468 e. The number of hydrogen-bond donors (Lipinski definition) is 1. The zero-order valence-electron chi connectivity index (χ0n) is 12.0. The quantitative estimate of drug-likeness (QED) is 0.710. The van der Waals surface area contributed by atoms with Crippen LogP contribution in [0.2, 0.25) is 15.1 Å². The first-order valence-corrected chi connectivity index (χ1v) is 8.05. The van der Waals surface area contributed by atoms with Crippen molar-refractivity contribution in [2.24, 2.45) is 0 Å². The van der Waals surface area contributed by atoms with Gasteiger partial charge in [0, 0.05) is 27.2 Å². The minimum absolute atomic E-state index is 0.146. The second-order valence-corrected chi connectivity index (χ2v) is 6.50. The van der Waals surface area contributed by atoms with Crippen LogP contribution in [0.15, 0.2) is 42.5 Å². The van der Waals surface area contributed by atoms with E-state index in [9.17, 15) is 0 Å². The van der Waals surface area contributed by atoms with Crippen molar-refractivity contribution in [2.75, 3.05) is 0 Å². The van der Waals surface area contributed by atoms with Gasteiger partial charge < -0.3 is 5.32 Å². The van der Waals surface area contributed by atoms with Crippen LogP contribution in [0.3, 0.4) is 0 Å². The van der Waals surface area contributed by atoms with E-state index >= 15 is 0 Å². The van der Waals surface area contributed by atoms with Gasteiger partial charge in [-0.05, 0) is 49.6 Å². The molecule has 0 aliphatic heterocycles. The lowest BCUT2D eigenvalue weighted by molar-refractivity contribution is 0.477. The summed E-state index contributed by atoms with van der Waals surface area (Å²) in [5.41, 5.74) is 2.20. The van der Waals surface area contributed by atoms with Gasteiger partial charge in [-0.25, -0.2) is 0 Å². The van der Waals surface area contributed by atoms with Gasteiger partial charge in [0.1, 0.15) is 0 Å². The monoisotopic (exact) mass is 341 g/mol. The van der Waals surface area contributed by atoms with Crippen molar-refractivity contribution in [2.45, 2.75) is 32.4 Å². The van der Waals surface area contributed by atoms with Gasteiger partial charge in [0.05, 0.1) is 0 Å². The Labute approximate surface area is 141 Å². The second kappa shape index (κ2) is 7.51. The summed E-state index contributed by atoms with van der Waals surface area (Å²) in [6.45, 7) is 4.24. The van der Waals surface area contributed by atoms with Crippen LogP contribution in [0.1, 0.15) is 31.0 Å². The molecule has 2 unspecified atom stereocenters. The number of halogens is 3. The minimum atomic E-state index is 0.146. The highest BCUT2D eigenvalue weighted by atomic mass is 35.5. The first-order chi connectivity index (χ1) is 9.97. The fourth-order valence-corrected chi connectivity index (χ4v) is 3.21. The standard InChI is InChI=1S/C17H18Cl3N/c1-11(9-13-5-3-4-6-16(13)19)21-12(2)15-8-7-14(18)10-17(15)20/h3-8,10-12,21H,9H2,1-2H3. The van der Waals surface area contributed by atoms with E-state index in [1.807, 2.05) is 30.3 Å². The zero-order valence-corrected chi connectivity index (χ0v) is 14.3. The predicted molar refractivity (Wildman–Crippen MR) is 92.6 cm³/mol. The van der Waals surface area contributed by atoms with Crippen molar-refractivity contribution in [3.05, 3.63) is 68.7 Å². The first kappa shape index (κ1) is 16.6. The predicted octanol–water partition coefficient (Wildman–Crippen LogP) is 5.93. The molecule has 2 aromatic rings. The Balaban J connectivity index is 2.02. The molecule has 0 radical (unpaired) electrons. The Kier molecular flexibility index (Phi) is 5.95. The van der Waals surface area contributed by atoms with E-state index < -0.39 is 0 Å². The van der Waals surface area contributed by atoms with Gasteiger partial charge in [0.15, 0.2) is 0 Å². The van der Waals surface area contributed by atoms with Crippen molar-refractivity contribution in [3.63, 3.8) is 0 Å². The molecule has 0 saturated carbocycles. The van der Waals surface area contributed by atoms with Crippen LogP contribution in [-0.4, -0.2) is 6.04 Å². The highest BCUT2D eigenvalue weighted by Crippen LogP contribution is 2.26. The Morgan fingerprint density at radius 1 is 0.952 bits per heavy atom. The highest BCUT2D eigenvalue weighted by Gasteiger charge is 2.14. The molecule has 0 heterocycles. The summed E-state index contributed by atoms with van der Waals surface area (Å²) >= 11 is 18.4. The third kappa shape index (κ3) is 4.62. The molecule has 2 aromatic carbocycles. The Bertz CT molecular complexity index is 613. The molecule has 1 N–H and O–H groups in total. The molecule has 0 aliphatic carbocycles. The number of nitrogens with one attached hydrogen (secondary N) is 1. The maximum atomic E-state index is 6.25. The molecule has 0 spiro atoms. The fourth-order valence-electron chi connectivity index (χ4n) is 2.42. The van der Waals surface area contributed by atoms with Crippen molar-refractivity contribution in [3.8, 4) is 0 Å². The summed E-state index contributed by atoms with van der Waals surface area (Å²) in [6, 6.07) is 14.0. The van der Waals surface area contributed by atoms with E-state index in [1.54, 1.807) is 6.07 Å². The molecule has 0 amide bonds. The van der Waals surface area contributed by atoms with Crippen LogP contribution in [0.25, 0.3) is 0 Å². The van der Waals surface area contributed by atoms with Crippen molar-refractivity contribution >= 4 is 34.8 Å². The van der Waals surface area contributed by atoms with Crippen LogP contribution in [0, 0.1) is 0 Å². The lowest BCUT2D eigenvalue weighted by Crippen LogP contribution is -2.31. The SMILES string of the molecule is CC(Cc1ccccc1Cl)NC(C)c1ccc(Cl)cc1Cl. The van der Waals surface area contributed by atoms with Crippen molar-refractivity contribution in [1.82, 2.24) is 5.32 Å². The molecule has 1 nitrogen and oxygen atoms in total. The van der Waals surface area contributed by atoms with E-state index in [0.29, 0.717) is 10.0 Å². The maximum absolute atomic E-state index is 6.25. The van der Waals surface area contributed by atoms with Gasteiger partial charge in [-0.1, -0.05) is 59.1 Å². The molecule has 0 bridgehead atoms. The van der Waals surface area contributed by atoms with Crippen LogP contribution < -0.4 is 5.32 Å². The van der Waals surface area contributed by atoms with E-state index in [2.05, 4.69) is 25.2 Å². The molecule has 0 fully saturated rings. The Morgan fingerprint density at radius 3 is 2.33 bits per heavy atom. The molecule has 0 saturated heterocycles. The largest absolute Gasteiger partial charge is 0.307 e. The van der Waals surface area contributed by atoms with Crippen LogP contribution in [0.4, 0.5) is 0 Å². The molecular weight excluding hydrogens is 325 g/mol. The van der Waals surface area contributed by atoms with Crippen LogP contribution >= 0.6 is 34.8 Å². The fraction of sp³-hybridized carbons (Fsp3) is 0.294. The summed E-state index contributed by atoms with van der Waals surface area (Å²) in [4.78, 5) is 0. The average Bonchev–Trinajstić information content (AvgIpc) is 2.41. The van der Waals surface area contributed by atoms with E-state index in [-0.39, 0.29) is 12.1 Å². The van der Waals surface area contributed by atoms with E-state index in [1.165, 1.54) is 0 Å². The summed E-state index contributed by atoms with van der Waals surface area (Å²) in [6.07, 6.45) is 0.870. The Morgan fingerprint density at radius 2 is 1.67 bits per heavy atom. The lowest BCUT2D eigenvalue weighted by Gasteiger charge is -2.22. The lowest BCUT2D eigenvalue weighted by atomic mass is 10.0. The molecule has 0 aromatic heterocycles. The molecule has 21 heavy (non-hydrogen) atoms. The van der Waals surface area contributed by atoms with Gasteiger partial charge in [-0.3, -0.25) is 0 Å². The molecule has 4 heteroatoms. The van der Waals surface area contributed by atoms with E-state index in [4.69, 9.17) is 34.8 Å². The maximum Gasteiger partial charge on any atom is 0.0468 e. The average molecular weight is 343 g/mol. The van der Waals surface area contributed by atoms with Gasteiger partial charge >= 0.3 is 0 Å². The summed E-state index contributed by atoms with van der Waals surface area (Å²) in [5.74, 6) is 0. The molecule has 0 aliphatic rings. The number of rotatable bonds is 5. The molecule has 2 atom stereocenters. The van der Waals surface area contributed by atoms with Gasteiger partial charge in [-0.2, -0.15) is 0 Å². The minimum Gasteiger partial charge on any atom is -0.307 e. The third-order valence-corrected chi connectivity index (χ3v) is 4.38. The summed E-state index contributed by atoms with van der Waals surface area (Å²) < 4.78 is 0. The summed E-state index contributed by atoms with van der Waals surface area (Å²) in [7, 11) is 0. The molecule has 112 valence electrons. The van der Waals surface area contributed by atoms with Crippen LogP contribution in [-0.2, 0) is 6.42 Å². The second-order valence-electron chi connectivity index (χ2n) is 5.25. The first-order valence-electron chi connectivity index (χ1n) is 6.91. The number of hydrogen-bond acceptors (Lipinski definition) is 1. The highest BCUT2D eigenvalue weighted by molar-refractivity contribution is 6.35. The third-order valence-electron chi connectivity index (χ3n) is 3.45. The topological polar surface area (TPSA) is 12.0 Å². The normalized spacial score (nSPS) is 14.0. The van der Waals surface area contributed by atoms with Gasteiger partial charge in [0.25, 0.3) is 0 Å². The van der Waals surface area contributed by atoms with Gasteiger partial charge in [-0.15, -0.1) is 0 Å². The van der Waals surface area contributed by atoms with Crippen molar-refractivity contribution in [1.29, 1.82) is 0 Å². The van der Waals surface area contributed by atoms with Gasteiger partial charge in [0.2, 0.25) is 0 Å². The number of benzene rings is 2. The molecule has 2 rings (SSSR count). The summed E-state index contributed by atoms with van der Waals surface area (Å²) in [5, 5.41) is 5.69. The van der Waals surface area contributed by atoms with Crippen molar-refractivity contribution < 1.29 is 0 Å². The zero-order chi connectivity index (χ0) is 15.4. The Hall–Kier alpha value is -0.730.